The molecule has 10 heteroatoms. The minimum atomic E-state index is -0.979. The van der Waals surface area contributed by atoms with Crippen molar-refractivity contribution in [3.05, 3.63) is 47.2 Å². The summed E-state index contributed by atoms with van der Waals surface area (Å²) in [5.41, 5.74) is -0.146. The van der Waals surface area contributed by atoms with E-state index in [-0.39, 0.29) is 11.4 Å². The van der Waals surface area contributed by atoms with Crippen molar-refractivity contribution in [3.8, 4) is 11.5 Å². The minimum absolute atomic E-state index is 0.0492. The Bertz CT molecular complexity index is 1060. The number of pyridine rings is 1. The average molecular weight is 423 g/mol. The number of fused-ring (bicyclic) bond motifs is 1. The number of amides is 2. The molecule has 0 radical (unpaired) electrons. The number of ether oxygens (including phenoxy) is 2. The van der Waals surface area contributed by atoms with Gasteiger partial charge in [-0.2, -0.15) is 0 Å². The highest BCUT2D eigenvalue weighted by Gasteiger charge is 2.31. The Balaban J connectivity index is 1.54. The highest BCUT2D eigenvalue weighted by Crippen LogP contribution is 2.36. The zero-order chi connectivity index (χ0) is 20.6. The monoisotopic (exact) mass is 422 g/mol. The molecule has 7 nitrogen and oxygen atoms in total. The largest absolute Gasteiger partial charge is 0.450 e. The zero-order valence-corrected chi connectivity index (χ0v) is 16.1. The molecule has 2 amide bonds. The Hall–Kier alpha value is -2.91. The number of halogens is 3. The van der Waals surface area contributed by atoms with Gasteiger partial charge in [0.05, 0.1) is 22.6 Å². The number of carbonyl (C=O) groups excluding carboxylic acids is 1. The summed E-state index contributed by atoms with van der Waals surface area (Å²) in [7, 11) is 0. The standard InChI is InChI=1S/C19H17ClF2N4O3/c1-19(3-5-28-9-19)26-18(27)25-10-6-12(21)16(13(22)7-10)29-14-2-4-23-17-15(14)11(20)8-24-17/h2,4,6-8H,3,5,9H2,1H3,(H,23,24)(H2,25,26,27). The van der Waals surface area contributed by atoms with Crippen molar-refractivity contribution < 1.29 is 23.0 Å². The van der Waals surface area contributed by atoms with Gasteiger partial charge in [0.15, 0.2) is 17.4 Å². The van der Waals surface area contributed by atoms with Crippen LogP contribution in [0.1, 0.15) is 13.3 Å². The molecule has 3 N–H and O–H groups in total. The molecule has 1 aromatic carbocycles. The summed E-state index contributed by atoms with van der Waals surface area (Å²) in [5, 5.41) is 5.88. The molecule has 1 aliphatic rings. The number of hydrogen-bond acceptors (Lipinski definition) is 4. The van der Waals surface area contributed by atoms with Gasteiger partial charge in [-0.15, -0.1) is 0 Å². The van der Waals surface area contributed by atoms with Gasteiger partial charge >= 0.3 is 6.03 Å². The highest BCUT2D eigenvalue weighted by atomic mass is 35.5. The van der Waals surface area contributed by atoms with Crippen molar-refractivity contribution in [2.75, 3.05) is 18.5 Å². The number of hydrogen-bond donors (Lipinski definition) is 3. The summed E-state index contributed by atoms with van der Waals surface area (Å²) >= 11 is 6.09. The van der Waals surface area contributed by atoms with E-state index in [4.69, 9.17) is 21.1 Å². The topological polar surface area (TPSA) is 88.3 Å². The smallest absolute Gasteiger partial charge is 0.319 e. The lowest BCUT2D eigenvalue weighted by atomic mass is 10.0. The van der Waals surface area contributed by atoms with Crippen LogP contribution in [0.3, 0.4) is 0 Å². The van der Waals surface area contributed by atoms with Crippen molar-refractivity contribution in [2.24, 2.45) is 0 Å². The highest BCUT2D eigenvalue weighted by molar-refractivity contribution is 6.36. The van der Waals surface area contributed by atoms with Gasteiger partial charge in [-0.3, -0.25) is 0 Å². The van der Waals surface area contributed by atoms with E-state index in [2.05, 4.69) is 20.6 Å². The third-order valence-electron chi connectivity index (χ3n) is 4.59. The van der Waals surface area contributed by atoms with E-state index in [0.717, 1.165) is 12.1 Å². The van der Waals surface area contributed by atoms with E-state index in [1.165, 1.54) is 18.5 Å². The molecule has 2 aromatic heterocycles. The maximum absolute atomic E-state index is 14.5. The van der Waals surface area contributed by atoms with Crippen LogP contribution in [0.15, 0.2) is 30.6 Å². The first-order valence-corrected chi connectivity index (χ1v) is 9.18. The molecule has 0 saturated carbocycles. The summed E-state index contributed by atoms with van der Waals surface area (Å²) in [6.07, 6.45) is 3.58. The van der Waals surface area contributed by atoms with Crippen LogP contribution in [0.25, 0.3) is 11.0 Å². The zero-order valence-electron chi connectivity index (χ0n) is 15.3. The van der Waals surface area contributed by atoms with Crippen molar-refractivity contribution in [2.45, 2.75) is 18.9 Å². The van der Waals surface area contributed by atoms with Gasteiger partial charge in [0, 0.05) is 36.8 Å². The molecule has 3 aromatic rings. The first-order valence-electron chi connectivity index (χ1n) is 8.80. The number of urea groups is 1. The lowest BCUT2D eigenvalue weighted by molar-refractivity contribution is 0.172. The molecule has 3 heterocycles. The number of carbonyl (C=O) groups is 1. The van der Waals surface area contributed by atoms with Gasteiger partial charge < -0.3 is 25.1 Å². The van der Waals surface area contributed by atoms with Crippen LogP contribution in [0, 0.1) is 11.6 Å². The molecule has 1 atom stereocenters. The lowest BCUT2D eigenvalue weighted by Crippen LogP contribution is -2.48. The molecule has 0 bridgehead atoms. The van der Waals surface area contributed by atoms with Crippen LogP contribution in [-0.2, 0) is 4.74 Å². The molecule has 1 aliphatic heterocycles. The summed E-state index contributed by atoms with van der Waals surface area (Å²) in [4.78, 5) is 19.1. The van der Waals surface area contributed by atoms with Crippen LogP contribution >= 0.6 is 11.6 Å². The molecule has 152 valence electrons. The molecule has 1 saturated heterocycles. The predicted octanol–water partition coefficient (Wildman–Crippen LogP) is 4.59. The van der Waals surface area contributed by atoms with E-state index in [1.807, 2.05) is 6.92 Å². The van der Waals surface area contributed by atoms with E-state index in [1.54, 1.807) is 0 Å². The fourth-order valence-corrected chi connectivity index (χ4v) is 3.35. The SMILES string of the molecule is CC1(NC(=O)Nc2cc(F)c(Oc3ccnc4[nH]cc(Cl)c34)c(F)c2)CCOC1. The van der Waals surface area contributed by atoms with Gasteiger partial charge in [-0.1, -0.05) is 11.6 Å². The van der Waals surface area contributed by atoms with Crippen LogP contribution in [-0.4, -0.2) is 34.8 Å². The Morgan fingerprint density at radius 2 is 2.14 bits per heavy atom. The maximum Gasteiger partial charge on any atom is 0.319 e. The van der Waals surface area contributed by atoms with Crippen molar-refractivity contribution in [1.29, 1.82) is 0 Å². The Morgan fingerprint density at radius 3 is 2.83 bits per heavy atom. The van der Waals surface area contributed by atoms with Crippen molar-refractivity contribution >= 4 is 34.4 Å². The van der Waals surface area contributed by atoms with Gasteiger partial charge in [0.25, 0.3) is 0 Å². The second-order valence-corrected chi connectivity index (χ2v) is 7.39. The number of rotatable bonds is 4. The van der Waals surface area contributed by atoms with Gasteiger partial charge in [-0.05, 0) is 19.4 Å². The van der Waals surface area contributed by atoms with Crippen LogP contribution in [0.4, 0.5) is 19.3 Å². The van der Waals surface area contributed by atoms with Gasteiger partial charge in [-0.25, -0.2) is 18.6 Å². The molecular weight excluding hydrogens is 406 g/mol. The third kappa shape index (κ3) is 3.96. The molecule has 4 rings (SSSR count). The summed E-state index contributed by atoms with van der Waals surface area (Å²) in [5.74, 6) is -2.43. The average Bonchev–Trinajstić information content (AvgIpc) is 3.24. The summed E-state index contributed by atoms with van der Waals surface area (Å²) in [6.45, 7) is 2.75. The molecular formula is C19H17ClF2N4O3. The Morgan fingerprint density at radius 1 is 1.38 bits per heavy atom. The fourth-order valence-electron chi connectivity index (χ4n) is 3.11. The van der Waals surface area contributed by atoms with Crippen LogP contribution in [0.5, 0.6) is 11.5 Å². The molecule has 0 spiro atoms. The van der Waals surface area contributed by atoms with Crippen LogP contribution in [0.2, 0.25) is 5.02 Å². The first kappa shape index (κ1) is 19.4. The number of aromatic nitrogens is 2. The quantitative estimate of drug-likeness (QED) is 0.574. The molecule has 29 heavy (non-hydrogen) atoms. The normalized spacial score (nSPS) is 18.8. The van der Waals surface area contributed by atoms with Gasteiger partial charge in [0.2, 0.25) is 0 Å². The minimum Gasteiger partial charge on any atom is -0.450 e. The second kappa shape index (κ2) is 7.49. The number of benzene rings is 1. The van der Waals surface area contributed by atoms with E-state index >= 15 is 0 Å². The fraction of sp³-hybridized carbons (Fsp3) is 0.263. The predicted molar refractivity (Wildman–Crippen MR) is 104 cm³/mol. The van der Waals surface area contributed by atoms with Crippen LogP contribution < -0.4 is 15.4 Å². The summed E-state index contributed by atoms with van der Waals surface area (Å²) in [6, 6.07) is 2.82. The molecule has 1 unspecified atom stereocenters. The molecule has 0 aliphatic carbocycles. The van der Waals surface area contributed by atoms with E-state index < -0.39 is 29.0 Å². The Labute approximate surface area is 169 Å². The summed E-state index contributed by atoms with van der Waals surface area (Å²) < 4.78 is 39.8. The number of aromatic amines is 1. The van der Waals surface area contributed by atoms with Crippen molar-refractivity contribution in [1.82, 2.24) is 15.3 Å². The first-order chi connectivity index (χ1) is 13.8. The third-order valence-corrected chi connectivity index (χ3v) is 4.89. The number of nitrogens with zero attached hydrogens (tertiary/aromatic N) is 1. The van der Waals surface area contributed by atoms with E-state index in [9.17, 15) is 13.6 Å². The molecule has 1 fully saturated rings. The maximum atomic E-state index is 14.5. The number of H-pyrrole nitrogens is 1. The second-order valence-electron chi connectivity index (χ2n) is 6.98. The van der Waals surface area contributed by atoms with Crippen molar-refractivity contribution in [3.63, 3.8) is 0 Å². The number of nitrogens with one attached hydrogen (secondary N) is 3. The lowest BCUT2D eigenvalue weighted by Gasteiger charge is -2.23. The van der Waals surface area contributed by atoms with Gasteiger partial charge in [0.1, 0.15) is 11.4 Å². The van der Waals surface area contributed by atoms with E-state index in [0.29, 0.717) is 35.7 Å². The Kier molecular flexibility index (Phi) is 5.01. The number of anilines is 1.